The fraction of sp³-hybridized carbons (Fsp3) is 0.381. The van der Waals surface area contributed by atoms with Crippen LogP contribution in [0, 0.1) is 6.92 Å². The molecule has 0 aromatic heterocycles. The van der Waals surface area contributed by atoms with Crippen LogP contribution in [0.25, 0.3) is 0 Å². The van der Waals surface area contributed by atoms with E-state index in [1.807, 2.05) is 44.2 Å². The fourth-order valence-electron chi connectivity index (χ4n) is 3.07. The lowest BCUT2D eigenvalue weighted by atomic mass is 10.0. The van der Waals surface area contributed by atoms with Crippen LogP contribution in [0.3, 0.4) is 0 Å². The second kappa shape index (κ2) is 9.94. The van der Waals surface area contributed by atoms with Crippen LogP contribution in [-0.4, -0.2) is 27.1 Å². The van der Waals surface area contributed by atoms with Crippen molar-refractivity contribution in [3.05, 3.63) is 64.7 Å². The Morgan fingerprint density at radius 1 is 1.18 bits per heavy atom. The minimum Gasteiger partial charge on any atom is -0.349 e. The lowest BCUT2D eigenvalue weighted by Gasteiger charge is -2.24. The molecule has 2 rings (SSSR count). The normalized spacial score (nSPS) is 12.4. The molecule has 0 aliphatic carbocycles. The van der Waals surface area contributed by atoms with E-state index < -0.39 is 10.0 Å². The van der Waals surface area contributed by atoms with E-state index in [0.717, 1.165) is 23.8 Å². The number of aryl methyl sites for hydroxylation is 1. The first-order valence-corrected chi connectivity index (χ1v) is 11.5. The minimum absolute atomic E-state index is 0.0464. The van der Waals surface area contributed by atoms with Gasteiger partial charge in [-0.15, -0.1) is 0 Å². The quantitative estimate of drug-likeness (QED) is 0.648. The molecule has 1 amide bonds. The van der Waals surface area contributed by atoms with E-state index in [-0.39, 0.29) is 24.9 Å². The van der Waals surface area contributed by atoms with E-state index in [1.54, 1.807) is 18.2 Å². The molecule has 0 spiro atoms. The number of halogens is 1. The van der Waals surface area contributed by atoms with E-state index in [1.165, 1.54) is 4.31 Å². The second-order valence-corrected chi connectivity index (χ2v) is 9.15. The van der Waals surface area contributed by atoms with E-state index in [4.69, 9.17) is 11.6 Å². The Morgan fingerprint density at radius 3 is 2.46 bits per heavy atom. The molecule has 7 heteroatoms. The van der Waals surface area contributed by atoms with Crippen LogP contribution >= 0.6 is 11.6 Å². The predicted octanol–water partition coefficient (Wildman–Crippen LogP) is 4.46. The number of hydrogen-bond acceptors (Lipinski definition) is 3. The molecule has 0 radical (unpaired) electrons. The third-order valence-electron chi connectivity index (χ3n) is 4.55. The van der Waals surface area contributed by atoms with Gasteiger partial charge >= 0.3 is 0 Å². The lowest BCUT2D eigenvalue weighted by Crippen LogP contribution is -2.33. The Bertz CT molecular complexity index is 901. The molecule has 2 aromatic rings. The Labute approximate surface area is 172 Å². The summed E-state index contributed by atoms with van der Waals surface area (Å²) in [5, 5.41) is 3.50. The third-order valence-corrected chi connectivity index (χ3v) is 5.97. The summed E-state index contributed by atoms with van der Waals surface area (Å²) in [5.41, 5.74) is 2.42. The monoisotopic (exact) mass is 422 g/mol. The number of sulfonamides is 1. The number of nitrogens with one attached hydrogen (secondary N) is 1. The average molecular weight is 423 g/mol. The van der Waals surface area contributed by atoms with Gasteiger partial charge in [0.1, 0.15) is 0 Å². The predicted molar refractivity (Wildman–Crippen MR) is 115 cm³/mol. The summed E-state index contributed by atoms with van der Waals surface area (Å²) in [5.74, 6) is -0.0908. The lowest BCUT2D eigenvalue weighted by molar-refractivity contribution is -0.121. The van der Waals surface area contributed by atoms with Crippen molar-refractivity contribution in [1.29, 1.82) is 0 Å². The maximum Gasteiger partial charge on any atom is 0.232 e. The first kappa shape index (κ1) is 22.2. The van der Waals surface area contributed by atoms with E-state index in [0.29, 0.717) is 17.1 Å². The zero-order valence-corrected chi connectivity index (χ0v) is 18.1. The van der Waals surface area contributed by atoms with Crippen molar-refractivity contribution >= 4 is 33.2 Å². The van der Waals surface area contributed by atoms with Crippen molar-refractivity contribution in [2.45, 2.75) is 39.2 Å². The fourth-order valence-corrected chi connectivity index (χ4v) is 4.25. The molecule has 0 aliphatic rings. The number of nitrogens with zero attached hydrogens (tertiary/aromatic N) is 1. The van der Waals surface area contributed by atoms with Gasteiger partial charge in [0, 0.05) is 18.0 Å². The number of rotatable bonds is 9. The molecule has 28 heavy (non-hydrogen) atoms. The first-order chi connectivity index (χ1) is 13.2. The Balaban J connectivity index is 2.00. The van der Waals surface area contributed by atoms with Gasteiger partial charge in [0.15, 0.2) is 0 Å². The number of benzene rings is 2. The number of anilines is 1. The summed E-state index contributed by atoms with van der Waals surface area (Å²) in [6, 6.07) is 14.9. The van der Waals surface area contributed by atoms with Gasteiger partial charge in [-0.3, -0.25) is 9.10 Å². The molecule has 0 aliphatic heterocycles. The number of amides is 1. The van der Waals surface area contributed by atoms with Gasteiger partial charge in [-0.2, -0.15) is 0 Å². The molecule has 0 heterocycles. The molecule has 1 atom stereocenters. The summed E-state index contributed by atoms with van der Waals surface area (Å²) in [4.78, 5) is 12.4. The second-order valence-electron chi connectivity index (χ2n) is 6.81. The molecular formula is C21H27ClN2O3S. The number of carbonyl (C=O) groups excluding carboxylic acids is 1. The molecule has 1 N–H and O–H groups in total. The van der Waals surface area contributed by atoms with Crippen LogP contribution < -0.4 is 9.62 Å². The summed E-state index contributed by atoms with van der Waals surface area (Å²) in [6.45, 7) is 4.07. The number of carbonyl (C=O) groups is 1. The summed E-state index contributed by atoms with van der Waals surface area (Å²) >= 11 is 6.04. The molecule has 0 saturated heterocycles. The summed E-state index contributed by atoms with van der Waals surface area (Å²) < 4.78 is 25.8. The van der Waals surface area contributed by atoms with Crippen LogP contribution in [0.5, 0.6) is 0 Å². The summed E-state index contributed by atoms with van der Waals surface area (Å²) in [7, 11) is -3.48. The minimum atomic E-state index is -3.48. The van der Waals surface area contributed by atoms with E-state index in [2.05, 4.69) is 5.32 Å². The average Bonchev–Trinajstić information content (AvgIpc) is 2.65. The molecule has 0 unspecified atom stereocenters. The maximum atomic E-state index is 12.4. The van der Waals surface area contributed by atoms with Crippen molar-refractivity contribution in [2.75, 3.05) is 17.1 Å². The van der Waals surface area contributed by atoms with Gasteiger partial charge in [0.05, 0.1) is 18.0 Å². The Morgan fingerprint density at radius 2 is 1.86 bits per heavy atom. The highest BCUT2D eigenvalue weighted by Crippen LogP contribution is 2.26. The standard InChI is InChI=1S/C21H27ClN2O3S/c1-4-19(17-9-6-5-7-10-17)23-21(25)11-8-14-24(28(3,26)27)20-15-18(22)13-12-16(20)2/h5-7,9-10,12-13,15,19H,4,8,11,14H2,1-3H3,(H,23,25)/t19-/m1/s1. The Hall–Kier alpha value is -2.05. The van der Waals surface area contributed by atoms with Crippen molar-refractivity contribution < 1.29 is 13.2 Å². The molecule has 2 aromatic carbocycles. The summed E-state index contributed by atoms with van der Waals surface area (Å²) in [6.07, 6.45) is 2.61. The molecule has 0 saturated carbocycles. The highest BCUT2D eigenvalue weighted by molar-refractivity contribution is 7.92. The van der Waals surface area contributed by atoms with Crippen molar-refractivity contribution in [1.82, 2.24) is 5.32 Å². The zero-order valence-electron chi connectivity index (χ0n) is 16.5. The number of hydrogen-bond donors (Lipinski definition) is 1. The van der Waals surface area contributed by atoms with Gasteiger partial charge in [0.2, 0.25) is 15.9 Å². The van der Waals surface area contributed by atoms with E-state index in [9.17, 15) is 13.2 Å². The largest absolute Gasteiger partial charge is 0.349 e. The SMILES string of the molecule is CC[C@@H](NC(=O)CCCN(c1cc(Cl)ccc1C)S(C)(=O)=O)c1ccccc1. The molecule has 0 bridgehead atoms. The van der Waals surface area contributed by atoms with Crippen LogP contribution in [0.15, 0.2) is 48.5 Å². The molecule has 5 nitrogen and oxygen atoms in total. The van der Waals surface area contributed by atoms with Crippen molar-refractivity contribution in [3.8, 4) is 0 Å². The van der Waals surface area contributed by atoms with Crippen LogP contribution in [-0.2, 0) is 14.8 Å². The first-order valence-electron chi connectivity index (χ1n) is 9.30. The van der Waals surface area contributed by atoms with Crippen molar-refractivity contribution in [3.63, 3.8) is 0 Å². The molecular weight excluding hydrogens is 396 g/mol. The molecule has 152 valence electrons. The highest BCUT2D eigenvalue weighted by atomic mass is 35.5. The Kier molecular flexibility index (Phi) is 7.89. The van der Waals surface area contributed by atoms with Crippen LogP contribution in [0.4, 0.5) is 5.69 Å². The van der Waals surface area contributed by atoms with Crippen LogP contribution in [0.1, 0.15) is 43.4 Å². The maximum absolute atomic E-state index is 12.4. The van der Waals surface area contributed by atoms with Crippen molar-refractivity contribution in [2.24, 2.45) is 0 Å². The topological polar surface area (TPSA) is 66.5 Å². The van der Waals surface area contributed by atoms with Crippen LogP contribution in [0.2, 0.25) is 5.02 Å². The highest BCUT2D eigenvalue weighted by Gasteiger charge is 2.20. The zero-order chi connectivity index (χ0) is 20.7. The van der Waals surface area contributed by atoms with Gasteiger partial charge in [-0.05, 0) is 43.0 Å². The van der Waals surface area contributed by atoms with E-state index >= 15 is 0 Å². The van der Waals surface area contributed by atoms with Gasteiger partial charge in [-0.25, -0.2) is 8.42 Å². The van der Waals surface area contributed by atoms with Gasteiger partial charge < -0.3 is 5.32 Å². The third kappa shape index (κ3) is 6.24. The van der Waals surface area contributed by atoms with Gasteiger partial charge in [0.25, 0.3) is 0 Å². The smallest absolute Gasteiger partial charge is 0.232 e. The van der Waals surface area contributed by atoms with Gasteiger partial charge in [-0.1, -0.05) is 54.9 Å². The molecule has 0 fully saturated rings.